The molecule has 3 rings (SSSR count). The van der Waals surface area contributed by atoms with Crippen molar-refractivity contribution in [2.24, 2.45) is 5.92 Å². The van der Waals surface area contributed by atoms with Crippen LogP contribution in [-0.4, -0.2) is 55.0 Å². The van der Waals surface area contributed by atoms with E-state index in [-0.39, 0.29) is 31.4 Å². The van der Waals surface area contributed by atoms with Crippen LogP contribution in [0.4, 0.5) is 4.79 Å². The van der Waals surface area contributed by atoms with Crippen LogP contribution in [0.2, 0.25) is 0 Å². The Labute approximate surface area is 206 Å². The molecule has 2 amide bonds. The van der Waals surface area contributed by atoms with Crippen molar-refractivity contribution in [1.29, 1.82) is 0 Å². The topological polar surface area (TPSA) is 114 Å². The zero-order valence-electron chi connectivity index (χ0n) is 20.5. The molecule has 0 saturated carbocycles. The third-order valence-electron chi connectivity index (χ3n) is 6.43. The predicted molar refractivity (Wildman–Crippen MR) is 132 cm³/mol. The van der Waals surface area contributed by atoms with Gasteiger partial charge in [-0.15, -0.1) is 0 Å². The van der Waals surface area contributed by atoms with Crippen molar-refractivity contribution < 1.29 is 29.0 Å². The fraction of sp³-hybridized carbons (Fsp3) is 0.444. The number of carboxylic acid groups (broad SMARTS) is 1. The summed E-state index contributed by atoms with van der Waals surface area (Å²) < 4.78 is 11.1. The second kappa shape index (κ2) is 12.4. The number of hydrogen-bond acceptors (Lipinski definition) is 5. The maximum atomic E-state index is 12.4. The molecule has 1 aliphatic rings. The monoisotopic (exact) mass is 482 g/mol. The molecule has 0 bridgehead atoms. The second-order valence-corrected chi connectivity index (χ2v) is 8.76. The van der Waals surface area contributed by atoms with Crippen LogP contribution < -0.4 is 10.6 Å². The predicted octanol–water partition coefficient (Wildman–Crippen LogP) is 3.94. The first-order chi connectivity index (χ1) is 16.8. The number of hydrogen-bond donors (Lipinski definition) is 3. The van der Waals surface area contributed by atoms with Crippen molar-refractivity contribution in [2.45, 2.75) is 51.7 Å². The normalized spacial score (nSPS) is 14.8. The van der Waals surface area contributed by atoms with Crippen molar-refractivity contribution in [3.05, 3.63) is 59.7 Å². The van der Waals surface area contributed by atoms with Crippen LogP contribution >= 0.6 is 0 Å². The maximum absolute atomic E-state index is 12.4. The molecule has 3 N–H and O–H groups in total. The highest BCUT2D eigenvalue weighted by Crippen LogP contribution is 2.44. The van der Waals surface area contributed by atoms with E-state index in [9.17, 15) is 19.5 Å². The molecule has 0 heterocycles. The summed E-state index contributed by atoms with van der Waals surface area (Å²) in [5.41, 5.74) is 4.55. The number of nitrogens with one attached hydrogen (secondary N) is 2. The molecule has 8 nitrogen and oxygen atoms in total. The average Bonchev–Trinajstić information content (AvgIpc) is 3.17. The molecule has 188 valence electrons. The van der Waals surface area contributed by atoms with E-state index in [0.717, 1.165) is 22.3 Å². The van der Waals surface area contributed by atoms with Crippen molar-refractivity contribution >= 4 is 18.0 Å². The summed E-state index contributed by atoms with van der Waals surface area (Å²) in [7, 11) is 0. The lowest BCUT2D eigenvalue weighted by Crippen LogP contribution is -2.47. The summed E-state index contributed by atoms with van der Waals surface area (Å²) in [6.07, 6.45) is -0.653. The van der Waals surface area contributed by atoms with Crippen molar-refractivity contribution in [3.8, 4) is 11.1 Å². The number of carbonyl (C=O) groups excluding carboxylic acids is 2. The highest BCUT2D eigenvalue weighted by Gasteiger charge is 2.29. The summed E-state index contributed by atoms with van der Waals surface area (Å²) in [5, 5.41) is 14.6. The Bertz CT molecular complexity index is 994. The number of carboxylic acids is 1. The molecule has 1 aliphatic carbocycles. The molecule has 3 atom stereocenters. The second-order valence-electron chi connectivity index (χ2n) is 8.76. The minimum absolute atomic E-state index is 0.0462. The van der Waals surface area contributed by atoms with Crippen LogP contribution in [0, 0.1) is 5.92 Å². The van der Waals surface area contributed by atoms with E-state index in [1.54, 1.807) is 13.8 Å². The van der Waals surface area contributed by atoms with Crippen molar-refractivity contribution in [2.75, 3.05) is 19.8 Å². The number of alkyl carbamates (subject to hydrolysis) is 1. The molecular weight excluding hydrogens is 448 g/mol. The van der Waals surface area contributed by atoms with Gasteiger partial charge in [0, 0.05) is 19.1 Å². The largest absolute Gasteiger partial charge is 0.480 e. The lowest BCUT2D eigenvalue weighted by atomic mass is 9.98. The molecule has 8 heteroatoms. The van der Waals surface area contributed by atoms with E-state index in [1.165, 1.54) is 0 Å². The van der Waals surface area contributed by atoms with E-state index < -0.39 is 30.1 Å². The third-order valence-corrected chi connectivity index (χ3v) is 6.43. The first-order valence-electron chi connectivity index (χ1n) is 12.1. The molecule has 0 aliphatic heterocycles. The number of fused-ring (bicyclic) bond motifs is 3. The summed E-state index contributed by atoms with van der Waals surface area (Å²) in [6.45, 7) is 6.04. The molecule has 0 spiro atoms. The maximum Gasteiger partial charge on any atom is 0.407 e. The highest BCUT2D eigenvalue weighted by molar-refractivity contribution is 5.84. The zero-order chi connectivity index (χ0) is 25.4. The number of benzene rings is 2. The first kappa shape index (κ1) is 26.2. The van der Waals surface area contributed by atoms with Gasteiger partial charge in [-0.3, -0.25) is 4.79 Å². The molecule has 0 fully saturated rings. The fourth-order valence-corrected chi connectivity index (χ4v) is 4.39. The molecule has 2 aromatic rings. The van der Waals surface area contributed by atoms with E-state index >= 15 is 0 Å². The molecule has 0 aromatic heterocycles. The van der Waals surface area contributed by atoms with Crippen molar-refractivity contribution in [1.82, 2.24) is 10.6 Å². The number of carbonyl (C=O) groups is 3. The van der Waals surface area contributed by atoms with Gasteiger partial charge in [0.15, 0.2) is 0 Å². The number of rotatable bonds is 12. The van der Waals surface area contributed by atoms with Crippen LogP contribution in [0.15, 0.2) is 48.5 Å². The van der Waals surface area contributed by atoms with Gasteiger partial charge in [-0.25, -0.2) is 9.59 Å². The first-order valence-corrected chi connectivity index (χ1v) is 12.1. The molecule has 0 radical (unpaired) electrons. The molecule has 0 saturated heterocycles. The van der Waals surface area contributed by atoms with Gasteiger partial charge in [0.2, 0.25) is 5.91 Å². The Morgan fingerprint density at radius 1 is 1.00 bits per heavy atom. The van der Waals surface area contributed by atoms with Gasteiger partial charge in [0.25, 0.3) is 0 Å². The van der Waals surface area contributed by atoms with E-state index in [2.05, 4.69) is 34.9 Å². The summed E-state index contributed by atoms with van der Waals surface area (Å²) in [6, 6.07) is 15.2. The number of amides is 2. The van der Waals surface area contributed by atoms with Gasteiger partial charge >= 0.3 is 12.1 Å². The Hall–Kier alpha value is -3.39. The van der Waals surface area contributed by atoms with Gasteiger partial charge in [-0.05, 0) is 35.1 Å². The number of aliphatic carboxylic acids is 1. The Kier molecular flexibility index (Phi) is 9.25. The minimum atomic E-state index is -1.07. The number of ether oxygens (including phenoxy) is 2. The van der Waals surface area contributed by atoms with E-state index in [4.69, 9.17) is 9.47 Å². The molecule has 1 unspecified atom stereocenters. The van der Waals surface area contributed by atoms with Crippen LogP contribution in [0.3, 0.4) is 0 Å². The smallest absolute Gasteiger partial charge is 0.407 e. The minimum Gasteiger partial charge on any atom is -0.480 e. The lowest BCUT2D eigenvalue weighted by Gasteiger charge is -2.22. The van der Waals surface area contributed by atoms with Gasteiger partial charge < -0.3 is 25.2 Å². The van der Waals surface area contributed by atoms with Crippen LogP contribution in [0.5, 0.6) is 0 Å². The van der Waals surface area contributed by atoms with Crippen LogP contribution in [0.1, 0.15) is 50.7 Å². The van der Waals surface area contributed by atoms with Gasteiger partial charge in [0.05, 0.1) is 12.5 Å². The van der Waals surface area contributed by atoms with E-state index in [0.29, 0.717) is 13.0 Å². The van der Waals surface area contributed by atoms with Crippen molar-refractivity contribution in [3.63, 3.8) is 0 Å². The summed E-state index contributed by atoms with van der Waals surface area (Å²) in [5.74, 6) is -1.76. The Balaban J connectivity index is 1.53. The quantitative estimate of drug-likeness (QED) is 0.422. The highest BCUT2D eigenvalue weighted by atomic mass is 16.5. The molecular formula is C27H34N2O6. The standard InChI is InChI=1S/C27H34N2O6/c1-4-17(3)25(26(31)32)29-24(30)14-18(34-5-2)15-28-27(33)35-16-23-21-12-8-6-10-19(21)20-11-7-9-13-22(20)23/h6-13,17-18,23,25H,4-5,14-16H2,1-3H3,(H,28,33)(H,29,30)(H,31,32)/t17-,18?,25-/m0/s1. The zero-order valence-corrected chi connectivity index (χ0v) is 20.5. The summed E-state index contributed by atoms with van der Waals surface area (Å²) >= 11 is 0. The van der Waals surface area contributed by atoms with Crippen LogP contribution in [-0.2, 0) is 19.1 Å². The SMILES string of the molecule is CCOC(CNC(=O)OCC1c2ccccc2-c2ccccc21)CC(=O)N[C@H](C(=O)O)[C@@H](C)CC. The van der Waals surface area contributed by atoms with Gasteiger partial charge in [-0.1, -0.05) is 68.8 Å². The average molecular weight is 483 g/mol. The fourth-order valence-electron chi connectivity index (χ4n) is 4.39. The Morgan fingerprint density at radius 2 is 1.60 bits per heavy atom. The van der Waals surface area contributed by atoms with Gasteiger partial charge in [0.1, 0.15) is 12.6 Å². The molecule has 2 aromatic carbocycles. The summed E-state index contributed by atoms with van der Waals surface area (Å²) in [4.78, 5) is 36.4. The van der Waals surface area contributed by atoms with E-state index in [1.807, 2.05) is 31.2 Å². The van der Waals surface area contributed by atoms with Gasteiger partial charge in [-0.2, -0.15) is 0 Å². The Morgan fingerprint density at radius 3 is 2.14 bits per heavy atom. The van der Waals surface area contributed by atoms with Crippen LogP contribution in [0.25, 0.3) is 11.1 Å². The third kappa shape index (κ3) is 6.60. The molecule has 35 heavy (non-hydrogen) atoms. The lowest BCUT2D eigenvalue weighted by molar-refractivity contribution is -0.143.